The molecule has 1 atom stereocenters. The van der Waals surface area contributed by atoms with Gasteiger partial charge >= 0.3 is 0 Å². The standard InChI is InChI=1S/C17H25N3O4/c1-18-14(21)6-9-17(24)8-4-11-20(13-17)16(23)7-12-19-10-3-2-5-15(19)22/h2-3,5,10,24H,4,6-9,11-13H2,1H3,(H,18,21)/t17-/m0/s1. The van der Waals surface area contributed by atoms with Gasteiger partial charge in [0.15, 0.2) is 0 Å². The molecule has 1 fully saturated rings. The molecule has 132 valence electrons. The lowest BCUT2D eigenvalue weighted by Gasteiger charge is -2.39. The molecule has 1 saturated heterocycles. The van der Waals surface area contributed by atoms with Crippen LogP contribution in [0.1, 0.15) is 32.1 Å². The molecule has 2 heterocycles. The fourth-order valence-electron chi connectivity index (χ4n) is 3.02. The maximum absolute atomic E-state index is 12.4. The largest absolute Gasteiger partial charge is 0.388 e. The molecule has 1 aliphatic heterocycles. The predicted molar refractivity (Wildman–Crippen MR) is 89.4 cm³/mol. The summed E-state index contributed by atoms with van der Waals surface area (Å²) in [5.74, 6) is -0.195. The minimum atomic E-state index is -1.01. The van der Waals surface area contributed by atoms with Crippen LogP contribution in [0.4, 0.5) is 0 Å². The Labute approximate surface area is 141 Å². The lowest BCUT2D eigenvalue weighted by Crippen LogP contribution is -2.50. The van der Waals surface area contributed by atoms with Crippen molar-refractivity contribution in [3.63, 3.8) is 0 Å². The average Bonchev–Trinajstić information content (AvgIpc) is 2.58. The molecule has 2 N–H and O–H groups in total. The summed E-state index contributed by atoms with van der Waals surface area (Å²) >= 11 is 0. The molecule has 0 aliphatic carbocycles. The Morgan fingerprint density at radius 1 is 1.33 bits per heavy atom. The van der Waals surface area contributed by atoms with Gasteiger partial charge in [-0.1, -0.05) is 6.07 Å². The number of piperidine rings is 1. The van der Waals surface area contributed by atoms with Gasteiger partial charge in [-0.05, 0) is 25.3 Å². The summed E-state index contributed by atoms with van der Waals surface area (Å²) in [6.07, 6.45) is 3.76. The molecule has 0 saturated carbocycles. The number of likely N-dealkylation sites (tertiary alicyclic amines) is 1. The first-order chi connectivity index (χ1) is 11.4. The maximum Gasteiger partial charge on any atom is 0.250 e. The van der Waals surface area contributed by atoms with E-state index >= 15 is 0 Å². The van der Waals surface area contributed by atoms with E-state index in [2.05, 4.69) is 5.32 Å². The molecule has 7 heteroatoms. The molecule has 2 amide bonds. The first-order valence-electron chi connectivity index (χ1n) is 8.30. The van der Waals surface area contributed by atoms with Gasteiger partial charge < -0.3 is 19.9 Å². The summed E-state index contributed by atoms with van der Waals surface area (Å²) in [4.78, 5) is 37.0. The zero-order valence-corrected chi connectivity index (χ0v) is 14.0. The number of carbonyl (C=O) groups excluding carboxylic acids is 2. The zero-order valence-electron chi connectivity index (χ0n) is 14.0. The molecule has 0 aromatic carbocycles. The SMILES string of the molecule is CNC(=O)CC[C@@]1(O)CCCN(C(=O)CCn2ccccc2=O)C1. The molecule has 0 spiro atoms. The molecule has 1 aliphatic rings. The van der Waals surface area contributed by atoms with Crippen molar-refractivity contribution in [1.29, 1.82) is 0 Å². The Morgan fingerprint density at radius 2 is 2.12 bits per heavy atom. The lowest BCUT2D eigenvalue weighted by atomic mass is 9.88. The average molecular weight is 335 g/mol. The predicted octanol–water partition coefficient (Wildman–Crippen LogP) is 0.118. The second kappa shape index (κ2) is 8.10. The lowest BCUT2D eigenvalue weighted by molar-refractivity contribution is -0.139. The highest BCUT2D eigenvalue weighted by atomic mass is 16.3. The number of rotatable bonds is 6. The van der Waals surface area contributed by atoms with Crippen LogP contribution < -0.4 is 10.9 Å². The number of carbonyl (C=O) groups is 2. The minimum Gasteiger partial charge on any atom is -0.388 e. The molecular formula is C17H25N3O4. The highest BCUT2D eigenvalue weighted by molar-refractivity contribution is 5.76. The Morgan fingerprint density at radius 3 is 2.83 bits per heavy atom. The third-order valence-electron chi connectivity index (χ3n) is 4.47. The van der Waals surface area contributed by atoms with Gasteiger partial charge in [0.1, 0.15) is 0 Å². The van der Waals surface area contributed by atoms with Crippen molar-refractivity contribution in [2.75, 3.05) is 20.1 Å². The van der Waals surface area contributed by atoms with Crippen molar-refractivity contribution in [3.8, 4) is 0 Å². The van der Waals surface area contributed by atoms with E-state index in [0.29, 0.717) is 32.4 Å². The number of β-amino-alcohol motifs (C(OH)–C–C–N with tert-alkyl or cyclic N) is 1. The zero-order chi connectivity index (χ0) is 17.6. The Bertz CT molecular complexity index is 643. The summed E-state index contributed by atoms with van der Waals surface area (Å²) in [5, 5.41) is 13.2. The van der Waals surface area contributed by atoms with Gasteiger partial charge in [0.05, 0.1) is 5.60 Å². The van der Waals surface area contributed by atoms with Crippen LogP contribution in [0.2, 0.25) is 0 Å². The summed E-state index contributed by atoms with van der Waals surface area (Å²) in [7, 11) is 1.56. The van der Waals surface area contributed by atoms with E-state index in [4.69, 9.17) is 0 Å². The number of hydrogen-bond acceptors (Lipinski definition) is 4. The van der Waals surface area contributed by atoms with Gasteiger partial charge in [0.2, 0.25) is 11.8 Å². The van der Waals surface area contributed by atoms with Gasteiger partial charge in [0, 0.05) is 51.8 Å². The van der Waals surface area contributed by atoms with E-state index in [1.165, 1.54) is 10.6 Å². The number of amides is 2. The summed E-state index contributed by atoms with van der Waals surface area (Å²) in [5.41, 5.74) is -1.14. The first kappa shape index (κ1) is 18.2. The number of aromatic nitrogens is 1. The monoisotopic (exact) mass is 335 g/mol. The van der Waals surface area contributed by atoms with Crippen LogP contribution in [0.5, 0.6) is 0 Å². The summed E-state index contributed by atoms with van der Waals surface area (Å²) in [6, 6.07) is 4.88. The summed E-state index contributed by atoms with van der Waals surface area (Å²) < 4.78 is 1.50. The molecule has 0 radical (unpaired) electrons. The van der Waals surface area contributed by atoms with Crippen LogP contribution in [-0.4, -0.2) is 52.1 Å². The van der Waals surface area contributed by atoms with E-state index in [0.717, 1.165) is 0 Å². The van der Waals surface area contributed by atoms with E-state index < -0.39 is 5.60 Å². The fraction of sp³-hybridized carbons (Fsp3) is 0.588. The minimum absolute atomic E-state index is 0.0798. The van der Waals surface area contributed by atoms with Gasteiger partial charge in [-0.15, -0.1) is 0 Å². The van der Waals surface area contributed by atoms with Gasteiger partial charge in [0.25, 0.3) is 5.56 Å². The van der Waals surface area contributed by atoms with Crippen LogP contribution in [0.25, 0.3) is 0 Å². The molecule has 7 nitrogen and oxygen atoms in total. The molecule has 0 unspecified atom stereocenters. The second-order valence-electron chi connectivity index (χ2n) is 6.30. The highest BCUT2D eigenvalue weighted by Crippen LogP contribution is 2.26. The number of nitrogens with zero attached hydrogens (tertiary/aromatic N) is 2. The van der Waals surface area contributed by atoms with E-state index in [1.54, 1.807) is 30.3 Å². The Kier molecular flexibility index (Phi) is 6.14. The molecular weight excluding hydrogens is 310 g/mol. The Hall–Kier alpha value is -2.15. The number of pyridine rings is 1. The molecule has 2 rings (SSSR count). The molecule has 24 heavy (non-hydrogen) atoms. The summed E-state index contributed by atoms with van der Waals surface area (Å²) in [6.45, 7) is 1.17. The third-order valence-corrected chi connectivity index (χ3v) is 4.47. The van der Waals surface area contributed by atoms with Crippen LogP contribution in [-0.2, 0) is 16.1 Å². The van der Waals surface area contributed by atoms with Crippen molar-refractivity contribution < 1.29 is 14.7 Å². The van der Waals surface area contributed by atoms with Crippen LogP contribution in [0, 0.1) is 0 Å². The van der Waals surface area contributed by atoms with Crippen molar-refractivity contribution in [1.82, 2.24) is 14.8 Å². The highest BCUT2D eigenvalue weighted by Gasteiger charge is 2.35. The van der Waals surface area contributed by atoms with Crippen molar-refractivity contribution in [3.05, 3.63) is 34.7 Å². The normalized spacial score (nSPS) is 20.7. The van der Waals surface area contributed by atoms with Gasteiger partial charge in [-0.25, -0.2) is 0 Å². The topological polar surface area (TPSA) is 91.6 Å². The quantitative estimate of drug-likeness (QED) is 0.772. The second-order valence-corrected chi connectivity index (χ2v) is 6.30. The fourth-order valence-corrected chi connectivity index (χ4v) is 3.02. The van der Waals surface area contributed by atoms with Crippen LogP contribution >= 0.6 is 0 Å². The number of hydrogen-bond donors (Lipinski definition) is 2. The van der Waals surface area contributed by atoms with E-state index in [1.807, 2.05) is 0 Å². The number of aliphatic hydroxyl groups is 1. The number of nitrogens with one attached hydrogen (secondary N) is 1. The van der Waals surface area contributed by atoms with Gasteiger partial charge in [-0.2, -0.15) is 0 Å². The first-order valence-corrected chi connectivity index (χ1v) is 8.30. The van der Waals surface area contributed by atoms with Crippen molar-refractivity contribution in [2.45, 2.75) is 44.2 Å². The molecule has 1 aromatic heterocycles. The Balaban J connectivity index is 1.89. The van der Waals surface area contributed by atoms with Crippen molar-refractivity contribution >= 4 is 11.8 Å². The van der Waals surface area contributed by atoms with E-state index in [-0.39, 0.29) is 36.8 Å². The molecule has 1 aromatic rings. The third kappa shape index (κ3) is 4.92. The smallest absolute Gasteiger partial charge is 0.250 e. The van der Waals surface area contributed by atoms with Crippen LogP contribution in [0.3, 0.4) is 0 Å². The van der Waals surface area contributed by atoms with Crippen molar-refractivity contribution in [2.24, 2.45) is 0 Å². The maximum atomic E-state index is 12.4. The van der Waals surface area contributed by atoms with Crippen LogP contribution in [0.15, 0.2) is 29.2 Å². The number of aryl methyl sites for hydroxylation is 1. The van der Waals surface area contributed by atoms with E-state index in [9.17, 15) is 19.5 Å². The molecule has 0 bridgehead atoms. The van der Waals surface area contributed by atoms with Gasteiger partial charge in [-0.3, -0.25) is 14.4 Å².